The molecule has 0 aromatic carbocycles. The molecule has 15 heavy (non-hydrogen) atoms. The fourth-order valence-electron chi connectivity index (χ4n) is 3.43. The third kappa shape index (κ3) is 3.76. The first-order valence-corrected chi connectivity index (χ1v) is 6.24. The molecule has 0 bridgehead atoms. The fourth-order valence-corrected chi connectivity index (χ4v) is 3.43. The SMILES string of the molecule is CNCCC1CC(C)(C)CC(C)(NC)C1. The molecule has 1 aliphatic rings. The zero-order chi connectivity index (χ0) is 11.5. The first-order valence-electron chi connectivity index (χ1n) is 6.24. The van der Waals surface area contributed by atoms with Gasteiger partial charge in [-0.2, -0.15) is 0 Å². The molecule has 0 aliphatic heterocycles. The van der Waals surface area contributed by atoms with Crippen molar-refractivity contribution in [3.05, 3.63) is 0 Å². The average Bonchev–Trinajstić information content (AvgIpc) is 2.12. The Labute approximate surface area is 95.2 Å². The van der Waals surface area contributed by atoms with Crippen LogP contribution >= 0.6 is 0 Å². The molecule has 2 atom stereocenters. The van der Waals surface area contributed by atoms with E-state index in [1.165, 1.54) is 25.7 Å². The molecule has 1 fully saturated rings. The molecular formula is C13H28N2. The summed E-state index contributed by atoms with van der Waals surface area (Å²) >= 11 is 0. The monoisotopic (exact) mass is 212 g/mol. The maximum atomic E-state index is 3.52. The standard InChI is InChI=1S/C13H28N2/c1-12(2)8-11(6-7-14-4)9-13(3,10-12)15-5/h11,14-15H,6-10H2,1-5H3. The van der Waals surface area contributed by atoms with Crippen molar-refractivity contribution in [1.29, 1.82) is 0 Å². The highest BCUT2D eigenvalue weighted by Gasteiger charge is 2.39. The van der Waals surface area contributed by atoms with Gasteiger partial charge in [-0.25, -0.2) is 0 Å². The molecule has 0 spiro atoms. The van der Waals surface area contributed by atoms with Gasteiger partial charge in [0, 0.05) is 5.54 Å². The molecule has 0 radical (unpaired) electrons. The summed E-state index contributed by atoms with van der Waals surface area (Å²) in [5.41, 5.74) is 0.842. The summed E-state index contributed by atoms with van der Waals surface area (Å²) in [5, 5.41) is 6.79. The van der Waals surface area contributed by atoms with E-state index in [1.807, 2.05) is 7.05 Å². The van der Waals surface area contributed by atoms with Gasteiger partial charge < -0.3 is 10.6 Å². The second-order valence-corrected chi connectivity index (χ2v) is 6.32. The minimum absolute atomic E-state index is 0.347. The third-order valence-corrected chi connectivity index (χ3v) is 3.86. The Morgan fingerprint density at radius 1 is 1.13 bits per heavy atom. The van der Waals surface area contributed by atoms with Crippen LogP contribution in [0.15, 0.2) is 0 Å². The molecule has 2 unspecified atom stereocenters. The van der Waals surface area contributed by atoms with E-state index >= 15 is 0 Å². The van der Waals surface area contributed by atoms with Crippen LogP contribution in [0.4, 0.5) is 0 Å². The van der Waals surface area contributed by atoms with Gasteiger partial charge in [-0.3, -0.25) is 0 Å². The Morgan fingerprint density at radius 2 is 1.80 bits per heavy atom. The Balaban J connectivity index is 2.60. The van der Waals surface area contributed by atoms with Crippen molar-refractivity contribution in [1.82, 2.24) is 10.6 Å². The summed E-state index contributed by atoms with van der Waals surface area (Å²) in [6, 6.07) is 0. The van der Waals surface area contributed by atoms with Gasteiger partial charge in [0.25, 0.3) is 0 Å². The molecular weight excluding hydrogens is 184 g/mol. The summed E-state index contributed by atoms with van der Waals surface area (Å²) in [6.45, 7) is 8.35. The van der Waals surface area contributed by atoms with E-state index in [4.69, 9.17) is 0 Å². The van der Waals surface area contributed by atoms with Crippen LogP contribution in [0.1, 0.15) is 46.5 Å². The molecule has 1 rings (SSSR count). The molecule has 0 saturated heterocycles. The Hall–Kier alpha value is -0.0800. The van der Waals surface area contributed by atoms with E-state index in [1.54, 1.807) is 0 Å². The highest BCUT2D eigenvalue weighted by atomic mass is 14.9. The lowest BCUT2D eigenvalue weighted by atomic mass is 9.64. The molecule has 1 saturated carbocycles. The summed E-state index contributed by atoms with van der Waals surface area (Å²) in [5.74, 6) is 0.874. The quantitative estimate of drug-likeness (QED) is 0.748. The van der Waals surface area contributed by atoms with Crippen LogP contribution in [0, 0.1) is 11.3 Å². The first kappa shape index (κ1) is 13.0. The Kier molecular flexibility index (Phi) is 4.19. The summed E-state index contributed by atoms with van der Waals surface area (Å²) in [7, 11) is 4.15. The average molecular weight is 212 g/mol. The normalized spacial score (nSPS) is 35.4. The van der Waals surface area contributed by atoms with Gasteiger partial charge in [-0.1, -0.05) is 13.8 Å². The van der Waals surface area contributed by atoms with Crippen molar-refractivity contribution < 1.29 is 0 Å². The second-order valence-electron chi connectivity index (χ2n) is 6.32. The van der Waals surface area contributed by atoms with Crippen LogP contribution in [0.2, 0.25) is 0 Å². The van der Waals surface area contributed by atoms with Gasteiger partial charge in [0.2, 0.25) is 0 Å². The number of hydrogen-bond donors (Lipinski definition) is 2. The lowest BCUT2D eigenvalue weighted by Crippen LogP contribution is -2.49. The smallest absolute Gasteiger partial charge is 0.0158 e. The largest absolute Gasteiger partial charge is 0.320 e. The summed E-state index contributed by atoms with van der Waals surface area (Å²) in [6.07, 6.45) is 5.32. The van der Waals surface area contributed by atoms with E-state index in [2.05, 4.69) is 38.5 Å². The van der Waals surface area contributed by atoms with Crippen molar-refractivity contribution >= 4 is 0 Å². The minimum atomic E-state index is 0.347. The van der Waals surface area contributed by atoms with Crippen LogP contribution in [0.25, 0.3) is 0 Å². The molecule has 0 aromatic heterocycles. The maximum absolute atomic E-state index is 3.52. The second kappa shape index (κ2) is 4.84. The predicted octanol–water partition coefficient (Wildman–Crippen LogP) is 2.40. The van der Waals surface area contributed by atoms with Gasteiger partial charge in [0.1, 0.15) is 0 Å². The van der Waals surface area contributed by atoms with Crippen molar-refractivity contribution in [2.75, 3.05) is 20.6 Å². The minimum Gasteiger partial charge on any atom is -0.320 e. The number of nitrogens with one attached hydrogen (secondary N) is 2. The van der Waals surface area contributed by atoms with Crippen molar-refractivity contribution in [3.63, 3.8) is 0 Å². The molecule has 2 heteroatoms. The highest BCUT2D eigenvalue weighted by molar-refractivity contribution is 4.96. The lowest BCUT2D eigenvalue weighted by Gasteiger charge is -2.47. The molecule has 0 heterocycles. The van der Waals surface area contributed by atoms with Gasteiger partial charge in [-0.05, 0) is 64.6 Å². The number of rotatable bonds is 4. The predicted molar refractivity (Wildman–Crippen MR) is 67.1 cm³/mol. The van der Waals surface area contributed by atoms with Crippen molar-refractivity contribution in [3.8, 4) is 0 Å². The lowest BCUT2D eigenvalue weighted by molar-refractivity contribution is 0.0869. The van der Waals surface area contributed by atoms with Gasteiger partial charge >= 0.3 is 0 Å². The van der Waals surface area contributed by atoms with E-state index in [0.717, 1.165) is 12.5 Å². The fraction of sp³-hybridized carbons (Fsp3) is 1.00. The molecule has 1 aliphatic carbocycles. The van der Waals surface area contributed by atoms with E-state index in [0.29, 0.717) is 11.0 Å². The summed E-state index contributed by atoms with van der Waals surface area (Å²) in [4.78, 5) is 0. The van der Waals surface area contributed by atoms with Crippen molar-refractivity contribution in [2.45, 2.75) is 52.0 Å². The molecule has 0 amide bonds. The van der Waals surface area contributed by atoms with Crippen LogP contribution in [0.5, 0.6) is 0 Å². The molecule has 90 valence electrons. The van der Waals surface area contributed by atoms with Crippen LogP contribution in [0.3, 0.4) is 0 Å². The maximum Gasteiger partial charge on any atom is 0.0158 e. The van der Waals surface area contributed by atoms with Crippen LogP contribution < -0.4 is 10.6 Å². The van der Waals surface area contributed by atoms with Crippen LogP contribution in [-0.2, 0) is 0 Å². The number of hydrogen-bond acceptors (Lipinski definition) is 2. The zero-order valence-electron chi connectivity index (χ0n) is 11.1. The third-order valence-electron chi connectivity index (χ3n) is 3.86. The van der Waals surface area contributed by atoms with E-state index < -0.39 is 0 Å². The molecule has 2 nitrogen and oxygen atoms in total. The van der Waals surface area contributed by atoms with E-state index in [-0.39, 0.29) is 0 Å². The Bertz CT molecular complexity index is 201. The topological polar surface area (TPSA) is 24.1 Å². The first-order chi connectivity index (χ1) is 6.91. The van der Waals surface area contributed by atoms with Gasteiger partial charge in [0.05, 0.1) is 0 Å². The summed E-state index contributed by atoms with van der Waals surface area (Å²) < 4.78 is 0. The van der Waals surface area contributed by atoms with E-state index in [9.17, 15) is 0 Å². The highest BCUT2D eigenvalue weighted by Crippen LogP contribution is 2.44. The molecule has 0 aromatic rings. The van der Waals surface area contributed by atoms with Gasteiger partial charge in [0.15, 0.2) is 0 Å². The molecule has 2 N–H and O–H groups in total. The van der Waals surface area contributed by atoms with Crippen molar-refractivity contribution in [2.24, 2.45) is 11.3 Å². The van der Waals surface area contributed by atoms with Crippen LogP contribution in [-0.4, -0.2) is 26.2 Å². The zero-order valence-corrected chi connectivity index (χ0v) is 11.1. The van der Waals surface area contributed by atoms with Gasteiger partial charge in [-0.15, -0.1) is 0 Å². The Morgan fingerprint density at radius 3 is 2.33 bits per heavy atom.